The number of aromatic nitrogens is 3. The Labute approximate surface area is 151 Å². The number of ether oxygens (including phenoxy) is 1. The molecule has 1 aliphatic carbocycles. The number of nitrogens with zero attached hydrogens (tertiary/aromatic N) is 4. The zero-order chi connectivity index (χ0) is 17.2. The number of rotatable bonds is 7. The number of carbonyl (C=O) groups excluding carboxylic acids is 1. The number of esters is 1. The summed E-state index contributed by atoms with van der Waals surface area (Å²) in [4.78, 5) is 17.7. The van der Waals surface area contributed by atoms with Gasteiger partial charge in [-0.3, -0.25) is 4.68 Å². The first-order valence-corrected chi connectivity index (χ1v) is 8.78. The monoisotopic (exact) mass is 358 g/mol. The van der Waals surface area contributed by atoms with Gasteiger partial charge in [0.2, 0.25) is 0 Å². The van der Waals surface area contributed by atoms with E-state index in [-0.39, 0.29) is 5.97 Å². The summed E-state index contributed by atoms with van der Waals surface area (Å²) in [5, 5.41) is 5.13. The molecule has 3 heterocycles. The van der Waals surface area contributed by atoms with Crippen LogP contribution in [0.1, 0.15) is 24.1 Å². The number of hydrogen-bond acceptors (Lipinski definition) is 5. The first-order chi connectivity index (χ1) is 12.2. The Morgan fingerprint density at radius 2 is 2.16 bits per heavy atom. The summed E-state index contributed by atoms with van der Waals surface area (Å²) >= 11 is 5.86. The van der Waals surface area contributed by atoms with Crippen LogP contribution in [0.5, 0.6) is 0 Å². The zero-order valence-corrected chi connectivity index (χ0v) is 14.5. The van der Waals surface area contributed by atoms with Gasteiger partial charge in [0.1, 0.15) is 11.8 Å². The van der Waals surface area contributed by atoms with E-state index in [1.807, 2.05) is 23.0 Å². The molecule has 0 unspecified atom stereocenters. The molecule has 7 heteroatoms. The minimum Gasteiger partial charge on any atom is -0.456 e. The molecule has 0 N–H and O–H groups in total. The van der Waals surface area contributed by atoms with E-state index in [1.165, 1.54) is 12.8 Å². The van der Waals surface area contributed by atoms with Gasteiger partial charge in [0, 0.05) is 31.6 Å². The second kappa shape index (κ2) is 6.88. The molecule has 0 atom stereocenters. The second-order valence-corrected chi connectivity index (χ2v) is 6.95. The summed E-state index contributed by atoms with van der Waals surface area (Å²) in [5.41, 5.74) is 2.85. The molecule has 6 nitrogen and oxygen atoms in total. The van der Waals surface area contributed by atoms with Crippen LogP contribution in [-0.2, 0) is 29.2 Å². The summed E-state index contributed by atoms with van der Waals surface area (Å²) in [6, 6.07) is 5.74. The lowest BCUT2D eigenvalue weighted by molar-refractivity contribution is -0.135. The van der Waals surface area contributed by atoms with Crippen molar-refractivity contribution >= 4 is 17.6 Å². The molecule has 1 fully saturated rings. The van der Waals surface area contributed by atoms with Crippen molar-refractivity contribution < 1.29 is 9.53 Å². The molecular formula is C18H19ClN4O2. The molecular weight excluding hydrogens is 340 g/mol. The molecule has 0 saturated heterocycles. The van der Waals surface area contributed by atoms with Crippen LogP contribution in [0.3, 0.4) is 0 Å². The van der Waals surface area contributed by atoms with Crippen LogP contribution < -0.4 is 0 Å². The Hall–Kier alpha value is -2.34. The van der Waals surface area contributed by atoms with E-state index in [9.17, 15) is 4.79 Å². The molecule has 0 radical (unpaired) electrons. The maximum Gasteiger partial charge on any atom is 0.333 e. The predicted octanol–water partition coefficient (Wildman–Crippen LogP) is 2.78. The van der Waals surface area contributed by atoms with Crippen LogP contribution >= 0.6 is 11.6 Å². The zero-order valence-electron chi connectivity index (χ0n) is 13.8. The van der Waals surface area contributed by atoms with Gasteiger partial charge in [0.15, 0.2) is 0 Å². The van der Waals surface area contributed by atoms with E-state index >= 15 is 0 Å². The van der Waals surface area contributed by atoms with Gasteiger partial charge in [-0.1, -0.05) is 17.7 Å². The van der Waals surface area contributed by atoms with E-state index in [0.29, 0.717) is 24.8 Å². The lowest BCUT2D eigenvalue weighted by Gasteiger charge is -2.24. The van der Waals surface area contributed by atoms with E-state index in [2.05, 4.69) is 15.0 Å². The summed E-state index contributed by atoms with van der Waals surface area (Å²) in [6.07, 6.45) is 7.93. The Morgan fingerprint density at radius 1 is 1.28 bits per heavy atom. The third-order valence-corrected chi connectivity index (χ3v) is 4.63. The molecule has 2 aliphatic rings. The normalized spacial score (nSPS) is 16.7. The number of halogens is 1. The molecule has 1 saturated carbocycles. The first-order valence-electron chi connectivity index (χ1n) is 8.41. The predicted molar refractivity (Wildman–Crippen MR) is 92.5 cm³/mol. The topological polar surface area (TPSA) is 60.2 Å². The third-order valence-electron chi connectivity index (χ3n) is 4.41. The Balaban J connectivity index is 1.50. The highest BCUT2D eigenvalue weighted by atomic mass is 35.5. The van der Waals surface area contributed by atoms with Crippen molar-refractivity contribution in [3.05, 3.63) is 58.8 Å². The minimum absolute atomic E-state index is 0.294. The van der Waals surface area contributed by atoms with E-state index in [1.54, 1.807) is 18.3 Å². The number of cyclic esters (lactones) is 1. The van der Waals surface area contributed by atoms with Crippen LogP contribution in [0, 0.1) is 5.92 Å². The van der Waals surface area contributed by atoms with Crippen molar-refractivity contribution in [2.45, 2.75) is 32.5 Å². The van der Waals surface area contributed by atoms with Gasteiger partial charge in [-0.2, -0.15) is 5.10 Å². The number of pyridine rings is 1. The van der Waals surface area contributed by atoms with Crippen LogP contribution in [0.2, 0.25) is 5.15 Å². The van der Waals surface area contributed by atoms with Gasteiger partial charge >= 0.3 is 5.97 Å². The lowest BCUT2D eigenvalue weighted by atomic mass is 10.2. The van der Waals surface area contributed by atoms with Gasteiger partial charge in [-0.25, -0.2) is 9.78 Å². The van der Waals surface area contributed by atoms with Gasteiger partial charge in [0.25, 0.3) is 0 Å². The average molecular weight is 359 g/mol. The highest BCUT2D eigenvalue weighted by molar-refractivity contribution is 6.29. The van der Waals surface area contributed by atoms with Gasteiger partial charge in [-0.05, 0) is 36.5 Å². The standard InChI is InChI=1S/C18H19ClN4O2/c19-17-4-3-14(8-20-17)9-22(16-7-18(24)25-12-16)11-15-5-6-23(21-15)10-13-1-2-13/h3-8,13H,1-2,9-12H2. The smallest absolute Gasteiger partial charge is 0.333 e. The van der Waals surface area contributed by atoms with Crippen molar-refractivity contribution in [3.8, 4) is 0 Å². The third kappa shape index (κ3) is 4.20. The fraction of sp³-hybridized carbons (Fsp3) is 0.389. The molecule has 25 heavy (non-hydrogen) atoms. The molecule has 2 aromatic heterocycles. The van der Waals surface area contributed by atoms with Crippen molar-refractivity contribution in [1.29, 1.82) is 0 Å². The Kier molecular flexibility index (Phi) is 4.44. The Bertz CT molecular complexity index is 796. The molecule has 2 aromatic rings. The fourth-order valence-electron chi connectivity index (χ4n) is 2.88. The SMILES string of the molecule is O=C1C=C(N(Cc2ccc(Cl)nc2)Cc2ccn(CC3CC3)n2)CO1. The maximum atomic E-state index is 11.5. The summed E-state index contributed by atoms with van der Waals surface area (Å²) < 4.78 is 7.09. The minimum atomic E-state index is -0.298. The average Bonchev–Trinajstić information content (AvgIpc) is 3.12. The summed E-state index contributed by atoms with van der Waals surface area (Å²) in [6.45, 7) is 2.51. The maximum absolute atomic E-state index is 11.5. The lowest BCUT2D eigenvalue weighted by Crippen LogP contribution is -2.23. The van der Waals surface area contributed by atoms with Crippen LogP contribution in [0.25, 0.3) is 0 Å². The molecule has 0 spiro atoms. The van der Waals surface area contributed by atoms with E-state index in [4.69, 9.17) is 16.3 Å². The fourth-order valence-corrected chi connectivity index (χ4v) is 2.99. The van der Waals surface area contributed by atoms with Gasteiger partial charge in [0.05, 0.1) is 17.9 Å². The van der Waals surface area contributed by atoms with Crippen molar-refractivity contribution in [3.63, 3.8) is 0 Å². The molecule has 0 aromatic carbocycles. The number of hydrogen-bond donors (Lipinski definition) is 0. The highest BCUT2D eigenvalue weighted by Gasteiger charge is 2.23. The molecule has 0 bridgehead atoms. The molecule has 130 valence electrons. The molecule has 1 aliphatic heterocycles. The van der Waals surface area contributed by atoms with Crippen molar-refractivity contribution in [1.82, 2.24) is 19.7 Å². The number of carbonyl (C=O) groups is 1. The molecule has 0 amide bonds. The summed E-state index contributed by atoms with van der Waals surface area (Å²) in [5.74, 6) is 0.487. The second-order valence-electron chi connectivity index (χ2n) is 6.56. The van der Waals surface area contributed by atoms with E-state index in [0.717, 1.165) is 29.4 Å². The Morgan fingerprint density at radius 3 is 2.84 bits per heavy atom. The summed E-state index contributed by atoms with van der Waals surface area (Å²) in [7, 11) is 0. The van der Waals surface area contributed by atoms with Crippen LogP contribution in [-0.4, -0.2) is 32.2 Å². The van der Waals surface area contributed by atoms with E-state index < -0.39 is 0 Å². The van der Waals surface area contributed by atoms with Crippen LogP contribution in [0.15, 0.2) is 42.4 Å². The van der Waals surface area contributed by atoms with Gasteiger partial charge < -0.3 is 9.64 Å². The molecule has 4 rings (SSSR count). The quantitative estimate of drug-likeness (QED) is 0.562. The van der Waals surface area contributed by atoms with Crippen LogP contribution in [0.4, 0.5) is 0 Å². The highest BCUT2D eigenvalue weighted by Crippen LogP contribution is 2.30. The van der Waals surface area contributed by atoms with Crippen molar-refractivity contribution in [2.75, 3.05) is 6.61 Å². The first kappa shape index (κ1) is 16.1. The largest absolute Gasteiger partial charge is 0.456 e. The van der Waals surface area contributed by atoms with Gasteiger partial charge in [-0.15, -0.1) is 0 Å². The van der Waals surface area contributed by atoms with Crippen molar-refractivity contribution in [2.24, 2.45) is 5.92 Å².